The molecule has 1 amide bonds. The molecule has 4 aromatic rings. The minimum atomic E-state index is -0.266. The van der Waals surface area contributed by atoms with Gasteiger partial charge >= 0.3 is 0 Å². The molecule has 0 bridgehead atoms. The topological polar surface area (TPSA) is 68.0 Å². The summed E-state index contributed by atoms with van der Waals surface area (Å²) in [7, 11) is 0. The number of aromatic nitrogens is 2. The van der Waals surface area contributed by atoms with Crippen LogP contribution in [0.5, 0.6) is 0 Å². The van der Waals surface area contributed by atoms with E-state index in [2.05, 4.69) is 15.3 Å². The van der Waals surface area contributed by atoms with Crippen molar-refractivity contribution < 1.29 is 9.21 Å². The summed E-state index contributed by atoms with van der Waals surface area (Å²) >= 11 is 12.0. The van der Waals surface area contributed by atoms with Crippen LogP contribution >= 0.6 is 23.2 Å². The van der Waals surface area contributed by atoms with Crippen molar-refractivity contribution in [1.29, 1.82) is 0 Å². The molecule has 0 aliphatic rings. The van der Waals surface area contributed by atoms with Crippen LogP contribution < -0.4 is 5.32 Å². The lowest BCUT2D eigenvalue weighted by Gasteiger charge is -2.07. The summed E-state index contributed by atoms with van der Waals surface area (Å²) in [6.45, 7) is 1.90. The van der Waals surface area contributed by atoms with Crippen molar-refractivity contribution in [2.75, 3.05) is 5.32 Å². The fourth-order valence-corrected chi connectivity index (χ4v) is 3.28. The Morgan fingerprint density at radius 3 is 2.76 bits per heavy atom. The van der Waals surface area contributed by atoms with Crippen LogP contribution in [-0.2, 0) is 4.79 Å². The number of rotatable bonds is 4. The smallest absolute Gasteiger partial charge is 0.248 e. The van der Waals surface area contributed by atoms with E-state index in [9.17, 15) is 4.79 Å². The quantitative estimate of drug-likeness (QED) is 0.399. The first-order valence-electron chi connectivity index (χ1n) is 8.76. The number of halogens is 2. The lowest BCUT2D eigenvalue weighted by atomic mass is 10.1. The van der Waals surface area contributed by atoms with Gasteiger partial charge in [-0.3, -0.25) is 4.79 Å². The SMILES string of the molecule is Cc1cc(-c2nc3ncccc3o2)ccc1NC(=O)/C=C\c1ccc(Cl)cc1Cl. The number of hydrogen-bond donors (Lipinski definition) is 1. The summed E-state index contributed by atoms with van der Waals surface area (Å²) in [6, 6.07) is 14.3. The van der Waals surface area contributed by atoms with E-state index in [-0.39, 0.29) is 5.91 Å². The van der Waals surface area contributed by atoms with Gasteiger partial charge < -0.3 is 9.73 Å². The molecule has 29 heavy (non-hydrogen) atoms. The van der Waals surface area contributed by atoms with E-state index < -0.39 is 0 Å². The van der Waals surface area contributed by atoms with Gasteiger partial charge in [0, 0.05) is 33.6 Å². The van der Waals surface area contributed by atoms with E-state index in [1.807, 2.05) is 31.2 Å². The number of benzene rings is 2. The molecule has 7 heteroatoms. The number of carbonyl (C=O) groups is 1. The van der Waals surface area contributed by atoms with Crippen LogP contribution in [0.15, 0.2) is 65.2 Å². The van der Waals surface area contributed by atoms with Gasteiger partial charge in [0.25, 0.3) is 0 Å². The molecule has 5 nitrogen and oxygen atoms in total. The summed E-state index contributed by atoms with van der Waals surface area (Å²) in [6.07, 6.45) is 4.74. The van der Waals surface area contributed by atoms with Crippen LogP contribution in [0.2, 0.25) is 10.0 Å². The van der Waals surface area contributed by atoms with Gasteiger partial charge in [-0.15, -0.1) is 0 Å². The Labute approximate surface area is 177 Å². The van der Waals surface area contributed by atoms with Crippen molar-refractivity contribution in [3.8, 4) is 11.5 Å². The monoisotopic (exact) mass is 423 g/mol. The zero-order valence-electron chi connectivity index (χ0n) is 15.3. The number of nitrogens with zero attached hydrogens (tertiary/aromatic N) is 2. The third kappa shape index (κ3) is 4.31. The fourth-order valence-electron chi connectivity index (χ4n) is 2.81. The highest BCUT2D eigenvalue weighted by molar-refractivity contribution is 6.35. The molecule has 144 valence electrons. The molecule has 0 atom stereocenters. The number of oxazole rings is 1. The van der Waals surface area contributed by atoms with Crippen LogP contribution in [-0.4, -0.2) is 15.9 Å². The minimum Gasteiger partial charge on any atom is -0.434 e. The Hall–Kier alpha value is -3.15. The highest BCUT2D eigenvalue weighted by atomic mass is 35.5. The van der Waals surface area contributed by atoms with Gasteiger partial charge in [-0.05, 0) is 66.6 Å². The van der Waals surface area contributed by atoms with Crippen LogP contribution in [0.25, 0.3) is 28.8 Å². The fraction of sp³-hybridized carbons (Fsp3) is 0.0455. The van der Waals surface area contributed by atoms with Crippen molar-refractivity contribution in [3.05, 3.63) is 82.0 Å². The van der Waals surface area contributed by atoms with E-state index in [0.29, 0.717) is 38.4 Å². The van der Waals surface area contributed by atoms with E-state index in [4.69, 9.17) is 27.6 Å². The molecule has 2 aromatic heterocycles. The molecule has 0 unspecified atom stereocenters. The molecule has 0 aliphatic carbocycles. The average molecular weight is 424 g/mol. The molecule has 0 radical (unpaired) electrons. The molecular weight excluding hydrogens is 409 g/mol. The van der Waals surface area contributed by atoms with E-state index in [1.54, 1.807) is 36.5 Å². The average Bonchev–Trinajstić information content (AvgIpc) is 3.13. The Balaban J connectivity index is 1.50. The van der Waals surface area contributed by atoms with E-state index >= 15 is 0 Å². The lowest BCUT2D eigenvalue weighted by molar-refractivity contribution is -0.111. The summed E-state index contributed by atoms with van der Waals surface area (Å²) in [5, 5.41) is 3.88. The Kier molecular flexibility index (Phi) is 5.34. The van der Waals surface area contributed by atoms with Gasteiger partial charge in [0.15, 0.2) is 11.2 Å². The Morgan fingerprint density at radius 1 is 1.14 bits per heavy atom. The molecule has 0 fully saturated rings. The molecule has 2 heterocycles. The Morgan fingerprint density at radius 2 is 2.00 bits per heavy atom. The van der Waals surface area contributed by atoms with E-state index in [0.717, 1.165) is 11.1 Å². The van der Waals surface area contributed by atoms with Crippen LogP contribution in [0, 0.1) is 6.92 Å². The molecule has 2 aromatic carbocycles. The number of nitrogens with one attached hydrogen (secondary N) is 1. The third-order valence-electron chi connectivity index (χ3n) is 4.27. The number of hydrogen-bond acceptors (Lipinski definition) is 4. The number of anilines is 1. The first-order chi connectivity index (χ1) is 14.0. The van der Waals surface area contributed by atoms with Gasteiger partial charge in [-0.25, -0.2) is 4.98 Å². The largest absolute Gasteiger partial charge is 0.434 e. The summed E-state index contributed by atoms with van der Waals surface area (Å²) in [4.78, 5) is 20.9. The molecule has 1 N–H and O–H groups in total. The predicted octanol–water partition coefficient (Wildman–Crippen LogP) is 6.16. The number of amides is 1. The molecule has 0 aliphatic heterocycles. The van der Waals surface area contributed by atoms with Gasteiger partial charge in [0.2, 0.25) is 11.8 Å². The molecule has 4 rings (SSSR count). The minimum absolute atomic E-state index is 0.266. The Bertz CT molecular complexity index is 1220. The number of aryl methyl sites for hydroxylation is 1. The highest BCUT2D eigenvalue weighted by Gasteiger charge is 2.11. The van der Waals surface area contributed by atoms with Crippen molar-refractivity contribution in [3.63, 3.8) is 0 Å². The second-order valence-corrected chi connectivity index (χ2v) is 7.21. The maximum atomic E-state index is 12.3. The lowest BCUT2D eigenvalue weighted by Crippen LogP contribution is -2.08. The first-order valence-corrected chi connectivity index (χ1v) is 9.52. The summed E-state index contributed by atoms with van der Waals surface area (Å²) < 4.78 is 5.74. The summed E-state index contributed by atoms with van der Waals surface area (Å²) in [5.74, 6) is 0.217. The van der Waals surface area contributed by atoms with E-state index in [1.165, 1.54) is 6.08 Å². The van der Waals surface area contributed by atoms with Gasteiger partial charge in [-0.2, -0.15) is 4.98 Å². The molecule has 0 spiro atoms. The normalized spacial score (nSPS) is 11.3. The van der Waals surface area contributed by atoms with Gasteiger partial charge in [0.05, 0.1) is 0 Å². The molecule has 0 saturated heterocycles. The summed E-state index contributed by atoms with van der Waals surface area (Å²) in [5.41, 5.74) is 4.28. The predicted molar refractivity (Wildman–Crippen MR) is 116 cm³/mol. The second-order valence-electron chi connectivity index (χ2n) is 6.36. The number of carbonyl (C=O) groups excluding carboxylic acids is 1. The van der Waals surface area contributed by atoms with Crippen molar-refractivity contribution in [2.45, 2.75) is 6.92 Å². The third-order valence-corrected chi connectivity index (χ3v) is 4.84. The number of fused-ring (bicyclic) bond motifs is 1. The maximum absolute atomic E-state index is 12.3. The van der Waals surface area contributed by atoms with Gasteiger partial charge in [-0.1, -0.05) is 29.3 Å². The van der Waals surface area contributed by atoms with Crippen molar-refractivity contribution >= 4 is 52.1 Å². The molecule has 0 saturated carbocycles. The second kappa shape index (κ2) is 8.07. The van der Waals surface area contributed by atoms with Crippen LogP contribution in [0.1, 0.15) is 11.1 Å². The van der Waals surface area contributed by atoms with Gasteiger partial charge in [0.1, 0.15) is 0 Å². The zero-order chi connectivity index (χ0) is 20.4. The standard InChI is InChI=1S/C22H15Cl2N3O2/c1-13-11-15(22-27-21-19(29-22)3-2-10-25-21)5-8-18(13)26-20(28)9-6-14-4-7-16(23)12-17(14)24/h2-12H,1H3,(H,26,28)/b9-6-. The van der Waals surface area contributed by atoms with Crippen LogP contribution in [0.4, 0.5) is 5.69 Å². The number of pyridine rings is 1. The zero-order valence-corrected chi connectivity index (χ0v) is 16.8. The maximum Gasteiger partial charge on any atom is 0.248 e. The van der Waals surface area contributed by atoms with Crippen molar-refractivity contribution in [1.82, 2.24) is 9.97 Å². The highest BCUT2D eigenvalue weighted by Crippen LogP contribution is 2.27. The van der Waals surface area contributed by atoms with Crippen LogP contribution in [0.3, 0.4) is 0 Å². The first kappa shape index (κ1) is 19.2. The molecular formula is C22H15Cl2N3O2. The van der Waals surface area contributed by atoms with Crippen molar-refractivity contribution in [2.24, 2.45) is 0 Å².